The molecule has 3 N–H and O–H groups in total. The van der Waals surface area contributed by atoms with E-state index in [4.69, 9.17) is 0 Å². The van der Waals surface area contributed by atoms with E-state index in [0.717, 1.165) is 22.5 Å². The second kappa shape index (κ2) is 7.25. The maximum Gasteiger partial charge on any atom is 0.323 e. The molecule has 6 nitrogen and oxygen atoms in total. The van der Waals surface area contributed by atoms with Gasteiger partial charge in [0.2, 0.25) is 5.91 Å². The molecule has 0 unspecified atom stereocenters. The molecule has 1 heterocycles. The summed E-state index contributed by atoms with van der Waals surface area (Å²) in [4.78, 5) is 26.0. The van der Waals surface area contributed by atoms with Gasteiger partial charge in [-0.05, 0) is 49.2 Å². The predicted octanol–water partition coefficient (Wildman–Crippen LogP) is 2.88. The number of anilines is 3. The van der Waals surface area contributed by atoms with Gasteiger partial charge in [-0.15, -0.1) is 0 Å². The van der Waals surface area contributed by atoms with Crippen LogP contribution in [-0.4, -0.2) is 31.6 Å². The van der Waals surface area contributed by atoms with Crippen LogP contribution in [0.15, 0.2) is 42.5 Å². The van der Waals surface area contributed by atoms with E-state index in [2.05, 4.69) is 22.0 Å². The number of hydrogen-bond donors (Lipinski definition) is 3. The predicted molar refractivity (Wildman–Crippen MR) is 100 cm³/mol. The Morgan fingerprint density at radius 3 is 2.52 bits per heavy atom. The number of para-hydroxylation sites is 2. The normalized spacial score (nSPS) is 14.0. The van der Waals surface area contributed by atoms with Crippen molar-refractivity contribution < 1.29 is 9.59 Å². The summed E-state index contributed by atoms with van der Waals surface area (Å²) >= 11 is 0. The third-order valence-electron chi connectivity index (χ3n) is 4.01. The van der Waals surface area contributed by atoms with E-state index in [1.54, 1.807) is 0 Å². The molecule has 0 bridgehead atoms. The summed E-state index contributed by atoms with van der Waals surface area (Å²) in [5.41, 5.74) is 4.46. The van der Waals surface area contributed by atoms with Crippen LogP contribution in [-0.2, 0) is 4.79 Å². The maximum atomic E-state index is 12.4. The average molecular weight is 338 g/mol. The molecule has 3 rings (SSSR count). The number of urea groups is 1. The van der Waals surface area contributed by atoms with Crippen molar-refractivity contribution in [3.05, 3.63) is 53.6 Å². The van der Waals surface area contributed by atoms with Crippen molar-refractivity contribution in [2.24, 2.45) is 0 Å². The van der Waals surface area contributed by atoms with E-state index >= 15 is 0 Å². The highest BCUT2D eigenvalue weighted by atomic mass is 16.2. The van der Waals surface area contributed by atoms with Crippen LogP contribution in [0.2, 0.25) is 0 Å². The number of carbonyl (C=O) groups is 2. The third-order valence-corrected chi connectivity index (χ3v) is 4.01. The molecule has 0 atom stereocenters. The zero-order valence-electron chi connectivity index (χ0n) is 14.4. The van der Waals surface area contributed by atoms with Gasteiger partial charge in [-0.2, -0.15) is 0 Å². The second-order valence-corrected chi connectivity index (χ2v) is 6.24. The summed E-state index contributed by atoms with van der Waals surface area (Å²) in [7, 11) is 0. The van der Waals surface area contributed by atoms with Gasteiger partial charge in [0.25, 0.3) is 0 Å². The first kappa shape index (κ1) is 16.8. The molecule has 0 aromatic heterocycles. The molecule has 2 aromatic carbocycles. The Morgan fingerprint density at radius 2 is 1.80 bits per heavy atom. The second-order valence-electron chi connectivity index (χ2n) is 6.24. The highest BCUT2D eigenvalue weighted by Gasteiger charge is 2.19. The van der Waals surface area contributed by atoms with E-state index in [1.807, 2.05) is 55.1 Å². The topological polar surface area (TPSA) is 73.5 Å². The Morgan fingerprint density at radius 1 is 1.08 bits per heavy atom. The first-order valence-corrected chi connectivity index (χ1v) is 8.28. The lowest BCUT2D eigenvalue weighted by Gasteiger charge is -2.30. The Kier molecular flexibility index (Phi) is 4.88. The lowest BCUT2D eigenvalue weighted by atomic mass is 10.1. The first-order chi connectivity index (χ1) is 12.0. The molecule has 1 aliphatic heterocycles. The van der Waals surface area contributed by atoms with E-state index in [-0.39, 0.29) is 18.5 Å². The summed E-state index contributed by atoms with van der Waals surface area (Å²) in [6.45, 7) is 5.59. The fraction of sp³-hybridized carbons (Fsp3) is 0.263. The maximum absolute atomic E-state index is 12.4. The lowest BCUT2D eigenvalue weighted by Crippen LogP contribution is -2.48. The number of aryl methyl sites for hydroxylation is 2. The molecule has 2 aromatic rings. The number of nitrogens with one attached hydrogen (secondary N) is 3. The number of benzene rings is 2. The van der Waals surface area contributed by atoms with Crippen LogP contribution < -0.4 is 20.9 Å². The zero-order chi connectivity index (χ0) is 17.8. The molecule has 130 valence electrons. The average Bonchev–Trinajstić information content (AvgIpc) is 2.54. The highest BCUT2D eigenvalue weighted by molar-refractivity contribution is 6.02. The molecule has 0 radical (unpaired) electrons. The summed E-state index contributed by atoms with van der Waals surface area (Å²) in [6.07, 6.45) is 0. The molecular weight excluding hydrogens is 316 g/mol. The summed E-state index contributed by atoms with van der Waals surface area (Å²) < 4.78 is 0. The summed E-state index contributed by atoms with van der Waals surface area (Å²) in [6, 6.07) is 13.1. The monoisotopic (exact) mass is 338 g/mol. The minimum Gasteiger partial charge on any atom is -0.359 e. The van der Waals surface area contributed by atoms with Gasteiger partial charge in [-0.25, -0.2) is 4.79 Å². The van der Waals surface area contributed by atoms with Crippen molar-refractivity contribution in [2.45, 2.75) is 13.8 Å². The van der Waals surface area contributed by atoms with E-state index in [1.165, 1.54) is 0 Å². The number of amides is 3. The summed E-state index contributed by atoms with van der Waals surface area (Å²) in [5, 5.41) is 8.55. The van der Waals surface area contributed by atoms with E-state index < -0.39 is 0 Å². The SMILES string of the molecule is Cc1cc(C)cc(NC(=O)Nc2ccccc2N2CCNC(=O)C2)c1. The van der Waals surface area contributed by atoms with Gasteiger partial charge < -0.3 is 20.9 Å². The van der Waals surface area contributed by atoms with Crippen molar-refractivity contribution in [2.75, 3.05) is 35.2 Å². The van der Waals surface area contributed by atoms with Crippen molar-refractivity contribution in [3.63, 3.8) is 0 Å². The molecule has 0 spiro atoms. The quantitative estimate of drug-likeness (QED) is 0.806. The van der Waals surface area contributed by atoms with Crippen LogP contribution >= 0.6 is 0 Å². The van der Waals surface area contributed by atoms with Crippen LogP contribution in [0.4, 0.5) is 21.9 Å². The fourth-order valence-electron chi connectivity index (χ4n) is 3.03. The minimum atomic E-state index is -0.307. The van der Waals surface area contributed by atoms with E-state index in [9.17, 15) is 9.59 Å². The van der Waals surface area contributed by atoms with Gasteiger partial charge in [0.1, 0.15) is 0 Å². The lowest BCUT2D eigenvalue weighted by molar-refractivity contribution is -0.120. The summed E-state index contributed by atoms with van der Waals surface area (Å²) in [5.74, 6) is -0.0132. The Bertz CT molecular complexity index is 784. The highest BCUT2D eigenvalue weighted by Crippen LogP contribution is 2.26. The number of hydrogen-bond acceptors (Lipinski definition) is 3. The molecule has 3 amide bonds. The fourth-order valence-corrected chi connectivity index (χ4v) is 3.03. The van der Waals surface area contributed by atoms with Crippen LogP contribution in [0, 0.1) is 13.8 Å². The first-order valence-electron chi connectivity index (χ1n) is 8.28. The van der Waals surface area contributed by atoms with Gasteiger partial charge >= 0.3 is 6.03 Å². The van der Waals surface area contributed by atoms with Crippen LogP contribution in [0.3, 0.4) is 0 Å². The Balaban J connectivity index is 1.74. The molecular formula is C19H22N4O2. The largest absolute Gasteiger partial charge is 0.359 e. The molecule has 1 saturated heterocycles. The Labute approximate surface area is 147 Å². The van der Waals surface area contributed by atoms with Crippen molar-refractivity contribution >= 4 is 29.0 Å². The van der Waals surface area contributed by atoms with Gasteiger partial charge in [0.15, 0.2) is 0 Å². The van der Waals surface area contributed by atoms with Gasteiger partial charge in [-0.3, -0.25) is 4.79 Å². The van der Waals surface area contributed by atoms with Crippen molar-refractivity contribution in [3.8, 4) is 0 Å². The van der Waals surface area contributed by atoms with Crippen LogP contribution in [0.25, 0.3) is 0 Å². The van der Waals surface area contributed by atoms with Gasteiger partial charge in [-0.1, -0.05) is 18.2 Å². The minimum absolute atomic E-state index is 0.0132. The molecule has 1 fully saturated rings. The zero-order valence-corrected chi connectivity index (χ0v) is 14.4. The van der Waals surface area contributed by atoms with E-state index in [0.29, 0.717) is 18.8 Å². The number of piperazine rings is 1. The Hall–Kier alpha value is -3.02. The third kappa shape index (κ3) is 4.29. The van der Waals surface area contributed by atoms with Crippen molar-refractivity contribution in [1.29, 1.82) is 0 Å². The molecule has 6 heteroatoms. The van der Waals surface area contributed by atoms with Crippen LogP contribution in [0.1, 0.15) is 11.1 Å². The molecule has 25 heavy (non-hydrogen) atoms. The molecule has 0 saturated carbocycles. The smallest absolute Gasteiger partial charge is 0.323 e. The number of nitrogens with zero attached hydrogens (tertiary/aromatic N) is 1. The van der Waals surface area contributed by atoms with Crippen molar-refractivity contribution in [1.82, 2.24) is 5.32 Å². The standard InChI is InChI=1S/C19H22N4O2/c1-13-9-14(2)11-15(10-13)21-19(25)22-16-5-3-4-6-17(16)23-8-7-20-18(24)12-23/h3-6,9-11H,7-8,12H2,1-2H3,(H,20,24)(H2,21,22,25). The number of carbonyl (C=O) groups excluding carboxylic acids is 2. The van der Waals surface area contributed by atoms with Crippen LogP contribution in [0.5, 0.6) is 0 Å². The molecule has 0 aliphatic carbocycles. The van der Waals surface area contributed by atoms with Gasteiger partial charge in [0, 0.05) is 18.8 Å². The van der Waals surface area contributed by atoms with Gasteiger partial charge in [0.05, 0.1) is 17.9 Å². The molecule has 1 aliphatic rings. The number of rotatable bonds is 3.